The lowest BCUT2D eigenvalue weighted by Gasteiger charge is -2.10. The van der Waals surface area contributed by atoms with Crippen molar-refractivity contribution >= 4 is 28.6 Å². The molecule has 0 spiro atoms. The molecule has 0 fully saturated rings. The Kier molecular flexibility index (Phi) is 4.52. The number of aromatic nitrogens is 2. The van der Waals surface area contributed by atoms with E-state index in [1.165, 1.54) is 7.11 Å². The van der Waals surface area contributed by atoms with E-state index >= 15 is 0 Å². The number of aromatic amines is 1. The van der Waals surface area contributed by atoms with Crippen molar-refractivity contribution in [2.45, 2.75) is 0 Å². The monoisotopic (exact) mass is 378 g/mol. The van der Waals surface area contributed by atoms with Gasteiger partial charge in [-0.1, -0.05) is 23.7 Å². The average molecular weight is 379 g/mol. The number of carbonyl (C=O) groups excluding carboxylic acids is 1. The van der Waals surface area contributed by atoms with Crippen molar-refractivity contribution in [3.8, 4) is 22.9 Å². The fourth-order valence-electron chi connectivity index (χ4n) is 2.73. The molecular weight excluding hydrogens is 364 g/mol. The second kappa shape index (κ2) is 7.13. The van der Waals surface area contributed by atoms with E-state index in [2.05, 4.69) is 9.97 Å². The van der Waals surface area contributed by atoms with Crippen LogP contribution in [0.3, 0.4) is 0 Å². The number of fused-ring (bicyclic) bond motifs is 1. The largest absolute Gasteiger partial charge is 0.493 e. The number of imidazole rings is 1. The molecule has 134 valence electrons. The van der Waals surface area contributed by atoms with Crippen LogP contribution in [0.5, 0.6) is 11.5 Å². The molecule has 4 rings (SSSR count). The molecule has 27 heavy (non-hydrogen) atoms. The van der Waals surface area contributed by atoms with Gasteiger partial charge in [0, 0.05) is 10.6 Å². The van der Waals surface area contributed by atoms with Crippen LogP contribution in [0.4, 0.5) is 0 Å². The van der Waals surface area contributed by atoms with Gasteiger partial charge in [0.2, 0.25) is 0 Å². The Hall–Kier alpha value is -3.31. The molecule has 0 atom stereocenters. The first-order valence-corrected chi connectivity index (χ1v) is 8.63. The minimum Gasteiger partial charge on any atom is -0.493 e. The molecule has 0 saturated carbocycles. The third kappa shape index (κ3) is 3.50. The summed E-state index contributed by atoms with van der Waals surface area (Å²) in [6.45, 7) is 0. The zero-order valence-electron chi connectivity index (χ0n) is 14.4. The molecule has 6 heteroatoms. The number of benzene rings is 3. The summed E-state index contributed by atoms with van der Waals surface area (Å²) in [6.07, 6.45) is 0. The minimum absolute atomic E-state index is 0.331. The first-order valence-electron chi connectivity index (χ1n) is 8.25. The minimum atomic E-state index is -0.485. The lowest BCUT2D eigenvalue weighted by molar-refractivity contribution is 0.0730. The molecule has 0 aliphatic carbocycles. The second-order valence-electron chi connectivity index (χ2n) is 5.86. The number of esters is 1. The van der Waals surface area contributed by atoms with Crippen LogP contribution in [0.15, 0.2) is 66.7 Å². The molecule has 0 aliphatic heterocycles. The van der Waals surface area contributed by atoms with Crippen LogP contribution in [0.25, 0.3) is 22.4 Å². The van der Waals surface area contributed by atoms with Gasteiger partial charge in [-0.15, -0.1) is 0 Å². The molecule has 0 unspecified atom stereocenters. The van der Waals surface area contributed by atoms with Gasteiger partial charge in [0.25, 0.3) is 0 Å². The van der Waals surface area contributed by atoms with Gasteiger partial charge < -0.3 is 14.5 Å². The van der Waals surface area contributed by atoms with Crippen LogP contribution >= 0.6 is 11.6 Å². The number of rotatable bonds is 4. The van der Waals surface area contributed by atoms with Crippen molar-refractivity contribution in [1.29, 1.82) is 0 Å². The highest BCUT2D eigenvalue weighted by molar-refractivity contribution is 6.30. The lowest BCUT2D eigenvalue weighted by Crippen LogP contribution is -2.09. The summed E-state index contributed by atoms with van der Waals surface area (Å²) < 4.78 is 10.9. The Bertz CT molecular complexity index is 1090. The molecule has 0 aliphatic rings. The maximum absolute atomic E-state index is 12.3. The molecule has 3 aromatic carbocycles. The highest BCUT2D eigenvalue weighted by atomic mass is 35.5. The standard InChI is InChI=1S/C21H15ClN2O3/c1-26-19-12-14(20-23-16-4-2-3-5-17(16)24-20)8-11-18(19)27-21(25)13-6-9-15(22)10-7-13/h2-12H,1H3,(H,23,24). The van der Waals surface area contributed by atoms with Gasteiger partial charge in [-0.2, -0.15) is 0 Å². The molecule has 0 bridgehead atoms. The number of H-pyrrole nitrogens is 1. The predicted molar refractivity (Wildman–Crippen MR) is 104 cm³/mol. The van der Waals surface area contributed by atoms with Crippen molar-refractivity contribution in [1.82, 2.24) is 9.97 Å². The van der Waals surface area contributed by atoms with Crippen LogP contribution < -0.4 is 9.47 Å². The summed E-state index contributed by atoms with van der Waals surface area (Å²) in [7, 11) is 1.53. The highest BCUT2D eigenvalue weighted by Crippen LogP contribution is 2.32. The summed E-state index contributed by atoms with van der Waals surface area (Å²) in [6, 6.07) is 19.6. The zero-order valence-corrected chi connectivity index (χ0v) is 15.2. The second-order valence-corrected chi connectivity index (χ2v) is 6.30. The van der Waals surface area contributed by atoms with E-state index in [1.807, 2.05) is 30.3 Å². The Morgan fingerprint density at radius 2 is 1.78 bits per heavy atom. The van der Waals surface area contributed by atoms with E-state index in [9.17, 15) is 4.79 Å². The topological polar surface area (TPSA) is 64.2 Å². The predicted octanol–water partition coefficient (Wildman–Crippen LogP) is 5.11. The van der Waals surface area contributed by atoms with Crippen LogP contribution in [0.1, 0.15) is 10.4 Å². The molecule has 0 saturated heterocycles. The number of ether oxygens (including phenoxy) is 2. The van der Waals surface area contributed by atoms with Gasteiger partial charge in [-0.3, -0.25) is 0 Å². The van der Waals surface area contributed by atoms with Crippen LogP contribution in [0, 0.1) is 0 Å². The maximum atomic E-state index is 12.3. The molecular formula is C21H15ClN2O3. The fraction of sp³-hybridized carbons (Fsp3) is 0.0476. The van der Waals surface area contributed by atoms with Gasteiger partial charge in [0.15, 0.2) is 11.5 Å². The summed E-state index contributed by atoms with van der Waals surface area (Å²) in [5.74, 6) is 0.999. The first-order chi connectivity index (χ1) is 13.1. The molecule has 4 aromatic rings. The van der Waals surface area contributed by atoms with Gasteiger partial charge in [0.1, 0.15) is 5.82 Å². The molecule has 0 amide bonds. The summed E-state index contributed by atoms with van der Waals surface area (Å²) in [5, 5.41) is 0.555. The molecule has 1 aromatic heterocycles. The number of hydrogen-bond donors (Lipinski definition) is 1. The van der Waals surface area contributed by atoms with Gasteiger partial charge in [-0.25, -0.2) is 9.78 Å². The van der Waals surface area contributed by atoms with Crippen molar-refractivity contribution < 1.29 is 14.3 Å². The Morgan fingerprint density at radius 3 is 2.52 bits per heavy atom. The lowest BCUT2D eigenvalue weighted by atomic mass is 10.2. The van der Waals surface area contributed by atoms with Crippen molar-refractivity contribution in [2.24, 2.45) is 0 Å². The molecule has 0 radical (unpaired) electrons. The van der Waals surface area contributed by atoms with E-state index in [-0.39, 0.29) is 0 Å². The SMILES string of the molecule is COc1cc(-c2nc3ccccc3[nH]2)ccc1OC(=O)c1ccc(Cl)cc1. The van der Waals surface area contributed by atoms with E-state index in [0.717, 1.165) is 16.6 Å². The summed E-state index contributed by atoms with van der Waals surface area (Å²) in [4.78, 5) is 20.2. The maximum Gasteiger partial charge on any atom is 0.343 e. The smallest absolute Gasteiger partial charge is 0.343 e. The van der Waals surface area contributed by atoms with Crippen LogP contribution in [0.2, 0.25) is 5.02 Å². The fourth-order valence-corrected chi connectivity index (χ4v) is 2.86. The number of nitrogens with zero attached hydrogens (tertiary/aromatic N) is 1. The number of para-hydroxylation sites is 2. The molecule has 5 nitrogen and oxygen atoms in total. The van der Waals surface area contributed by atoms with E-state index in [4.69, 9.17) is 21.1 Å². The number of carbonyl (C=O) groups is 1. The number of methoxy groups -OCH3 is 1. The van der Waals surface area contributed by atoms with Crippen LogP contribution in [-0.2, 0) is 0 Å². The van der Waals surface area contributed by atoms with Gasteiger partial charge in [0.05, 0.1) is 23.7 Å². The van der Waals surface area contributed by atoms with E-state index in [1.54, 1.807) is 36.4 Å². The van der Waals surface area contributed by atoms with Crippen molar-refractivity contribution in [3.05, 3.63) is 77.3 Å². The van der Waals surface area contributed by atoms with E-state index < -0.39 is 5.97 Å². The number of hydrogen-bond acceptors (Lipinski definition) is 4. The van der Waals surface area contributed by atoms with Crippen molar-refractivity contribution in [2.75, 3.05) is 7.11 Å². The van der Waals surface area contributed by atoms with Crippen LogP contribution in [-0.4, -0.2) is 23.0 Å². The summed E-state index contributed by atoms with van der Waals surface area (Å²) in [5.41, 5.74) is 3.06. The van der Waals surface area contributed by atoms with E-state index in [0.29, 0.717) is 27.9 Å². The number of halogens is 1. The van der Waals surface area contributed by atoms with Gasteiger partial charge >= 0.3 is 5.97 Å². The third-order valence-electron chi connectivity index (χ3n) is 4.11. The Morgan fingerprint density at radius 1 is 1.00 bits per heavy atom. The van der Waals surface area contributed by atoms with Gasteiger partial charge in [-0.05, 0) is 54.6 Å². The number of nitrogens with one attached hydrogen (secondary N) is 1. The Balaban J connectivity index is 1.63. The Labute approximate surface area is 160 Å². The first kappa shape index (κ1) is 17.1. The summed E-state index contributed by atoms with van der Waals surface area (Å²) >= 11 is 5.85. The third-order valence-corrected chi connectivity index (χ3v) is 4.36. The molecule has 1 heterocycles. The zero-order chi connectivity index (χ0) is 18.8. The van der Waals surface area contributed by atoms with Crippen molar-refractivity contribution in [3.63, 3.8) is 0 Å². The highest BCUT2D eigenvalue weighted by Gasteiger charge is 2.14. The normalized spacial score (nSPS) is 10.7. The molecule has 1 N–H and O–H groups in total. The quantitative estimate of drug-likeness (QED) is 0.396. The average Bonchev–Trinajstić information content (AvgIpc) is 3.13.